The van der Waals surface area contributed by atoms with Crippen molar-refractivity contribution in [1.82, 2.24) is 0 Å². The minimum atomic E-state index is -0.689. The SMILES string of the molecule is CC1Oc2ccc(NC(=O)c3cccc(Br)c3)cc2N(Cc2ccccc2F)C1=O. The molecule has 0 saturated heterocycles. The van der Waals surface area contributed by atoms with Gasteiger partial charge < -0.3 is 15.0 Å². The zero-order valence-corrected chi connectivity index (χ0v) is 17.6. The Morgan fingerprint density at radius 3 is 2.70 bits per heavy atom. The summed E-state index contributed by atoms with van der Waals surface area (Å²) in [6.07, 6.45) is -0.689. The van der Waals surface area contributed by atoms with Crippen molar-refractivity contribution in [3.05, 3.63) is 88.1 Å². The lowest BCUT2D eigenvalue weighted by Gasteiger charge is -2.33. The van der Waals surface area contributed by atoms with Crippen LogP contribution in [0.15, 0.2) is 71.2 Å². The average Bonchev–Trinajstić information content (AvgIpc) is 2.73. The van der Waals surface area contributed by atoms with Crippen LogP contribution >= 0.6 is 15.9 Å². The number of benzene rings is 3. The van der Waals surface area contributed by atoms with Crippen LogP contribution in [0.3, 0.4) is 0 Å². The number of anilines is 2. The van der Waals surface area contributed by atoms with Gasteiger partial charge in [0.05, 0.1) is 12.2 Å². The largest absolute Gasteiger partial charge is 0.479 e. The number of hydrogen-bond acceptors (Lipinski definition) is 3. The van der Waals surface area contributed by atoms with Crippen molar-refractivity contribution in [2.24, 2.45) is 0 Å². The standard InChI is InChI=1S/C23H18BrFN2O3/c1-14-23(29)27(13-16-5-2-3-8-19(16)25)20-12-18(9-10-21(20)30-14)26-22(28)15-6-4-7-17(24)11-15/h2-12,14H,13H2,1H3,(H,26,28). The minimum Gasteiger partial charge on any atom is -0.479 e. The highest BCUT2D eigenvalue weighted by Crippen LogP contribution is 2.37. The molecule has 4 rings (SSSR count). The zero-order chi connectivity index (χ0) is 21.3. The van der Waals surface area contributed by atoms with Crippen LogP contribution in [0.1, 0.15) is 22.8 Å². The number of amides is 2. The van der Waals surface area contributed by atoms with E-state index in [2.05, 4.69) is 21.2 Å². The van der Waals surface area contributed by atoms with Crippen LogP contribution in [0.5, 0.6) is 5.75 Å². The summed E-state index contributed by atoms with van der Waals surface area (Å²) in [6.45, 7) is 1.72. The zero-order valence-electron chi connectivity index (χ0n) is 16.1. The first-order valence-corrected chi connectivity index (χ1v) is 10.1. The molecule has 152 valence electrons. The molecule has 0 saturated carbocycles. The third kappa shape index (κ3) is 4.07. The fraction of sp³-hybridized carbons (Fsp3) is 0.130. The number of nitrogens with one attached hydrogen (secondary N) is 1. The first kappa shape index (κ1) is 20.1. The number of carbonyl (C=O) groups is 2. The smallest absolute Gasteiger partial charge is 0.268 e. The van der Waals surface area contributed by atoms with E-state index in [-0.39, 0.29) is 24.2 Å². The molecule has 0 fully saturated rings. The third-order valence-corrected chi connectivity index (χ3v) is 5.29. The molecule has 1 heterocycles. The van der Waals surface area contributed by atoms with Crippen molar-refractivity contribution in [3.63, 3.8) is 0 Å². The molecule has 30 heavy (non-hydrogen) atoms. The van der Waals surface area contributed by atoms with Gasteiger partial charge in [-0.05, 0) is 49.4 Å². The fourth-order valence-corrected chi connectivity index (χ4v) is 3.68. The lowest BCUT2D eigenvalue weighted by Crippen LogP contribution is -2.44. The highest BCUT2D eigenvalue weighted by atomic mass is 79.9. The maximum atomic E-state index is 14.2. The molecule has 3 aromatic carbocycles. The Kier molecular flexibility index (Phi) is 5.55. The van der Waals surface area contributed by atoms with Crippen LogP contribution in [-0.2, 0) is 11.3 Å². The van der Waals surface area contributed by atoms with E-state index < -0.39 is 6.10 Å². The second kappa shape index (κ2) is 8.28. The summed E-state index contributed by atoms with van der Waals surface area (Å²) in [5, 5.41) is 2.83. The first-order valence-electron chi connectivity index (χ1n) is 9.35. The highest BCUT2D eigenvalue weighted by molar-refractivity contribution is 9.10. The summed E-state index contributed by atoms with van der Waals surface area (Å²) in [5.41, 5.74) is 1.87. The number of hydrogen-bond donors (Lipinski definition) is 1. The Balaban J connectivity index is 1.65. The topological polar surface area (TPSA) is 58.6 Å². The Hall–Kier alpha value is -3.19. The molecule has 7 heteroatoms. The molecule has 5 nitrogen and oxygen atoms in total. The lowest BCUT2D eigenvalue weighted by atomic mass is 10.1. The maximum Gasteiger partial charge on any atom is 0.268 e. The number of ether oxygens (including phenoxy) is 1. The van der Waals surface area contributed by atoms with E-state index in [9.17, 15) is 14.0 Å². The Bertz CT molecular complexity index is 1130. The van der Waals surface area contributed by atoms with Gasteiger partial charge in [-0.25, -0.2) is 4.39 Å². The van der Waals surface area contributed by atoms with Crippen molar-refractivity contribution in [1.29, 1.82) is 0 Å². The van der Waals surface area contributed by atoms with Gasteiger partial charge >= 0.3 is 0 Å². The van der Waals surface area contributed by atoms with Crippen LogP contribution in [0.25, 0.3) is 0 Å². The van der Waals surface area contributed by atoms with E-state index in [1.54, 1.807) is 61.5 Å². The van der Waals surface area contributed by atoms with Gasteiger partial charge in [-0.1, -0.05) is 40.2 Å². The van der Waals surface area contributed by atoms with Gasteiger partial charge in [0, 0.05) is 21.3 Å². The molecular weight excluding hydrogens is 451 g/mol. The quantitative estimate of drug-likeness (QED) is 0.575. The minimum absolute atomic E-state index is 0.0647. The summed E-state index contributed by atoms with van der Waals surface area (Å²) in [5.74, 6) is -0.446. The summed E-state index contributed by atoms with van der Waals surface area (Å²) in [4.78, 5) is 26.8. The molecule has 1 aliphatic rings. The van der Waals surface area contributed by atoms with E-state index in [1.807, 2.05) is 6.07 Å². The van der Waals surface area contributed by atoms with Gasteiger partial charge in [-0.3, -0.25) is 9.59 Å². The molecule has 1 unspecified atom stereocenters. The van der Waals surface area contributed by atoms with E-state index in [0.29, 0.717) is 28.3 Å². The molecule has 0 aliphatic carbocycles. The second-order valence-electron chi connectivity index (χ2n) is 6.92. The van der Waals surface area contributed by atoms with Crippen molar-refractivity contribution < 1.29 is 18.7 Å². The Labute approximate surface area is 181 Å². The number of carbonyl (C=O) groups excluding carboxylic acids is 2. The maximum absolute atomic E-state index is 14.2. The van der Waals surface area contributed by atoms with Crippen molar-refractivity contribution in [2.45, 2.75) is 19.6 Å². The van der Waals surface area contributed by atoms with Crippen LogP contribution in [0.4, 0.5) is 15.8 Å². The molecule has 1 N–H and O–H groups in total. The van der Waals surface area contributed by atoms with Gasteiger partial charge in [0.25, 0.3) is 11.8 Å². The summed E-state index contributed by atoms with van der Waals surface area (Å²) >= 11 is 3.35. The van der Waals surface area contributed by atoms with Gasteiger partial charge in [0.15, 0.2) is 6.10 Å². The van der Waals surface area contributed by atoms with Crippen molar-refractivity contribution >= 4 is 39.1 Å². The molecule has 1 atom stereocenters. The molecule has 3 aromatic rings. The van der Waals surface area contributed by atoms with Gasteiger partial charge in [-0.2, -0.15) is 0 Å². The van der Waals surface area contributed by atoms with Gasteiger partial charge in [-0.15, -0.1) is 0 Å². The number of rotatable bonds is 4. The van der Waals surface area contributed by atoms with Crippen LogP contribution < -0.4 is 15.0 Å². The second-order valence-corrected chi connectivity index (χ2v) is 7.84. The molecule has 2 amide bonds. The van der Waals surface area contributed by atoms with Gasteiger partial charge in [0.2, 0.25) is 0 Å². The number of fused-ring (bicyclic) bond motifs is 1. The number of nitrogens with zero attached hydrogens (tertiary/aromatic N) is 1. The van der Waals surface area contributed by atoms with Crippen molar-refractivity contribution in [3.8, 4) is 5.75 Å². The van der Waals surface area contributed by atoms with E-state index in [1.165, 1.54) is 11.0 Å². The molecular formula is C23H18BrFN2O3. The Morgan fingerprint density at radius 2 is 1.93 bits per heavy atom. The Morgan fingerprint density at radius 1 is 1.13 bits per heavy atom. The molecule has 0 spiro atoms. The van der Waals surface area contributed by atoms with Crippen LogP contribution in [0.2, 0.25) is 0 Å². The van der Waals surface area contributed by atoms with Crippen molar-refractivity contribution in [2.75, 3.05) is 10.2 Å². The fourth-order valence-electron chi connectivity index (χ4n) is 3.28. The van der Waals surface area contributed by atoms with E-state index in [4.69, 9.17) is 4.74 Å². The summed E-state index contributed by atoms with van der Waals surface area (Å²) in [7, 11) is 0. The monoisotopic (exact) mass is 468 g/mol. The predicted octanol–water partition coefficient (Wildman–Crippen LogP) is 5.15. The molecule has 0 radical (unpaired) electrons. The summed E-state index contributed by atoms with van der Waals surface area (Å²) in [6, 6.07) is 18.4. The predicted molar refractivity (Wildman–Crippen MR) is 116 cm³/mol. The van der Waals surface area contributed by atoms with Crippen LogP contribution in [0, 0.1) is 5.82 Å². The number of halogens is 2. The molecule has 0 aromatic heterocycles. The van der Waals surface area contributed by atoms with E-state index >= 15 is 0 Å². The normalized spacial score (nSPS) is 15.4. The molecule has 1 aliphatic heterocycles. The molecule has 0 bridgehead atoms. The van der Waals surface area contributed by atoms with Crippen LogP contribution in [-0.4, -0.2) is 17.9 Å². The van der Waals surface area contributed by atoms with E-state index in [0.717, 1.165) is 4.47 Å². The average molecular weight is 469 g/mol. The summed E-state index contributed by atoms with van der Waals surface area (Å²) < 4.78 is 20.7. The lowest BCUT2D eigenvalue weighted by molar-refractivity contribution is -0.125. The first-order chi connectivity index (χ1) is 14.4. The third-order valence-electron chi connectivity index (χ3n) is 4.80. The van der Waals surface area contributed by atoms with Gasteiger partial charge in [0.1, 0.15) is 11.6 Å². The highest BCUT2D eigenvalue weighted by Gasteiger charge is 2.32.